The van der Waals surface area contributed by atoms with Crippen LogP contribution in [0.25, 0.3) is 17.2 Å². The minimum Gasteiger partial charge on any atom is -0.402 e. The summed E-state index contributed by atoms with van der Waals surface area (Å²) in [6.07, 6.45) is 12.8. The van der Waals surface area contributed by atoms with Crippen LogP contribution in [0.1, 0.15) is 158 Å². The Labute approximate surface area is 424 Å². The Balaban J connectivity index is 0.781. The molecule has 8 heterocycles. The van der Waals surface area contributed by atoms with E-state index in [0.29, 0.717) is 54.1 Å². The lowest BCUT2D eigenvalue weighted by atomic mass is 9.92. The van der Waals surface area contributed by atoms with Gasteiger partial charge in [0.05, 0.1) is 35.1 Å². The van der Waals surface area contributed by atoms with Crippen molar-refractivity contribution in [3.8, 4) is 11.1 Å². The second-order valence-corrected chi connectivity index (χ2v) is 21.6. The zero-order valence-electron chi connectivity index (χ0n) is 42.0. The van der Waals surface area contributed by atoms with Crippen LogP contribution >= 0.6 is 0 Å². The SMILES string of the molecule is CC(=O)N1CCc2c(c(N3CCCc4cc(-c5cn(C6CCN(CC7CCN(c8ccc9c(c8)C(=O)N(C8CCC(=O)NC8=O)C9=O)CC7)CC6)c(/C=C(/C)N)c5N)c(C(F)F)cc43)nn2C2CCCCC2)C1. The van der Waals surface area contributed by atoms with Crippen molar-refractivity contribution >= 4 is 58.5 Å². The fraction of sp³-hybridized carbons (Fsp3) is 0.527. The van der Waals surface area contributed by atoms with Crippen molar-refractivity contribution in [1.29, 1.82) is 0 Å². The molecule has 4 fully saturated rings. The monoisotopic (exact) mass is 1000 g/mol. The minimum absolute atomic E-state index is 0.0217. The molecular weight excluding hydrogens is 933 g/mol. The van der Waals surface area contributed by atoms with Crippen molar-refractivity contribution in [2.24, 2.45) is 11.7 Å². The average molecular weight is 1000 g/mol. The smallest absolute Gasteiger partial charge is 0.264 e. The first-order chi connectivity index (χ1) is 35.2. The van der Waals surface area contributed by atoms with Crippen molar-refractivity contribution in [2.75, 3.05) is 61.3 Å². The maximum atomic E-state index is 15.6. The number of halogens is 2. The summed E-state index contributed by atoms with van der Waals surface area (Å²) < 4.78 is 35.5. The van der Waals surface area contributed by atoms with Crippen LogP contribution in [-0.4, -0.2) is 110 Å². The number of hydrogen-bond acceptors (Lipinski definition) is 11. The number of nitrogens with two attached hydrogens (primary N) is 2. The van der Waals surface area contributed by atoms with E-state index in [2.05, 4.69) is 29.3 Å². The van der Waals surface area contributed by atoms with E-state index in [0.717, 1.165) is 142 Å². The molecule has 1 unspecified atom stereocenters. The number of fused-ring (bicyclic) bond motifs is 3. The first kappa shape index (κ1) is 48.7. The zero-order chi connectivity index (χ0) is 50.8. The molecule has 4 aromatic rings. The summed E-state index contributed by atoms with van der Waals surface area (Å²) in [7, 11) is 0. The van der Waals surface area contributed by atoms with Gasteiger partial charge in [0, 0.05) is 117 Å². The second kappa shape index (κ2) is 19.7. The summed E-state index contributed by atoms with van der Waals surface area (Å²) in [6.45, 7) is 9.46. The Morgan fingerprint density at radius 3 is 2.27 bits per heavy atom. The third kappa shape index (κ3) is 9.07. The Bertz CT molecular complexity index is 2900. The maximum Gasteiger partial charge on any atom is 0.264 e. The zero-order valence-corrected chi connectivity index (χ0v) is 42.0. The van der Waals surface area contributed by atoms with E-state index >= 15 is 8.78 Å². The number of likely N-dealkylation sites (tertiary alicyclic amines) is 1. The van der Waals surface area contributed by atoms with Gasteiger partial charge in [-0.2, -0.15) is 5.10 Å². The standard InChI is InChI=1S/C55H67F2N11O5/c1-32(58)25-48-50(59)43(40-26-35-7-6-19-65(47(35)28-41(40)51(56)57)52-44-30-64(33(2)69)24-18-45(44)68(61-52)37-8-4-3-5-9-37)31-66(48)36-16-20-62(21-17-36)29-34-14-22-63(23-15-34)38-10-11-39-42(27-38)55(73)67(54(39)72)46-12-13-49(70)60-53(46)71/h10-11,25-28,31,34,36-37,46,51H,3-9,12-24,29-30,58-59H2,1-2H3,(H,60,70,71)/b32-25-. The number of carbonyl (C=O) groups is 5. The molecule has 2 aromatic heterocycles. The number of benzene rings is 2. The van der Waals surface area contributed by atoms with Gasteiger partial charge >= 0.3 is 0 Å². The van der Waals surface area contributed by atoms with Gasteiger partial charge in [-0.1, -0.05) is 19.3 Å². The summed E-state index contributed by atoms with van der Waals surface area (Å²) in [6, 6.07) is 8.30. The Morgan fingerprint density at radius 1 is 0.808 bits per heavy atom. The number of alkyl halides is 2. The molecule has 16 nitrogen and oxygen atoms in total. The number of anilines is 4. The largest absolute Gasteiger partial charge is 0.402 e. The third-order valence-corrected chi connectivity index (χ3v) is 16.9. The van der Waals surface area contributed by atoms with Crippen molar-refractivity contribution in [2.45, 2.75) is 135 Å². The molecule has 73 heavy (non-hydrogen) atoms. The molecule has 7 aliphatic rings. The highest BCUT2D eigenvalue weighted by Gasteiger charge is 2.45. The van der Waals surface area contributed by atoms with Crippen molar-refractivity contribution in [3.63, 3.8) is 0 Å². The Kier molecular flexibility index (Phi) is 13.1. The van der Waals surface area contributed by atoms with E-state index in [1.165, 1.54) is 12.1 Å². The fourth-order valence-corrected chi connectivity index (χ4v) is 13.0. The van der Waals surface area contributed by atoms with Gasteiger partial charge in [-0.3, -0.25) is 38.9 Å². The Morgan fingerprint density at radius 2 is 1.56 bits per heavy atom. The maximum absolute atomic E-state index is 15.6. The molecule has 1 aliphatic carbocycles. The lowest BCUT2D eigenvalue weighted by molar-refractivity contribution is -0.136. The summed E-state index contributed by atoms with van der Waals surface area (Å²) >= 11 is 0. The first-order valence-electron chi connectivity index (χ1n) is 26.6. The van der Waals surface area contributed by atoms with Crippen LogP contribution in [0.4, 0.5) is 31.7 Å². The molecule has 2 aromatic carbocycles. The average Bonchev–Trinajstić information content (AvgIpc) is 4.01. The first-order valence-corrected chi connectivity index (χ1v) is 26.6. The summed E-state index contributed by atoms with van der Waals surface area (Å²) in [5.74, 6) is -0.763. The molecule has 0 spiro atoms. The van der Waals surface area contributed by atoms with E-state index < -0.39 is 36.1 Å². The number of amides is 5. The number of piperidine rings is 3. The second-order valence-electron chi connectivity index (χ2n) is 21.6. The summed E-state index contributed by atoms with van der Waals surface area (Å²) in [4.78, 5) is 73.5. The molecule has 6 aliphatic heterocycles. The van der Waals surface area contributed by atoms with Gasteiger partial charge in [0.1, 0.15) is 6.04 Å². The van der Waals surface area contributed by atoms with E-state index in [1.54, 1.807) is 25.1 Å². The van der Waals surface area contributed by atoms with Gasteiger partial charge < -0.3 is 35.6 Å². The number of aromatic nitrogens is 3. The van der Waals surface area contributed by atoms with Gasteiger partial charge in [0.15, 0.2) is 5.82 Å². The highest BCUT2D eigenvalue weighted by molar-refractivity contribution is 6.23. The topological polar surface area (TPSA) is 188 Å². The number of hydrogen-bond donors (Lipinski definition) is 3. The number of nitrogens with one attached hydrogen (secondary N) is 1. The van der Waals surface area contributed by atoms with Gasteiger partial charge in [0.2, 0.25) is 17.7 Å². The van der Waals surface area contributed by atoms with Crippen LogP contribution in [0, 0.1) is 5.92 Å². The number of allylic oxidation sites excluding steroid dienone is 1. The molecule has 1 atom stereocenters. The molecule has 386 valence electrons. The molecule has 1 saturated carbocycles. The molecule has 0 radical (unpaired) electrons. The van der Waals surface area contributed by atoms with E-state index in [4.69, 9.17) is 16.6 Å². The van der Waals surface area contributed by atoms with Gasteiger partial charge in [-0.25, -0.2) is 8.78 Å². The molecule has 11 rings (SSSR count). The molecule has 5 amide bonds. The van der Waals surface area contributed by atoms with E-state index in [9.17, 15) is 24.0 Å². The lowest BCUT2D eigenvalue weighted by Crippen LogP contribution is -2.54. The van der Waals surface area contributed by atoms with Crippen molar-refractivity contribution in [1.82, 2.24) is 34.4 Å². The van der Waals surface area contributed by atoms with Crippen LogP contribution in [0.15, 0.2) is 42.2 Å². The predicted molar refractivity (Wildman–Crippen MR) is 274 cm³/mol. The van der Waals surface area contributed by atoms with Crippen LogP contribution < -0.4 is 26.6 Å². The van der Waals surface area contributed by atoms with E-state index in [-0.39, 0.29) is 41.5 Å². The molecule has 0 bridgehead atoms. The minimum atomic E-state index is -2.76. The number of carbonyl (C=O) groups excluding carboxylic acids is 5. The quantitative estimate of drug-likeness (QED) is 0.133. The van der Waals surface area contributed by atoms with Crippen LogP contribution in [0.5, 0.6) is 0 Å². The summed E-state index contributed by atoms with van der Waals surface area (Å²) in [5.41, 5.74) is 21.4. The fourth-order valence-electron chi connectivity index (χ4n) is 13.0. The van der Waals surface area contributed by atoms with Gasteiger partial charge in [-0.05, 0) is 118 Å². The predicted octanol–water partition coefficient (Wildman–Crippen LogP) is 7.64. The van der Waals surface area contributed by atoms with Crippen LogP contribution in [-0.2, 0) is 33.8 Å². The van der Waals surface area contributed by atoms with E-state index in [1.807, 2.05) is 36.2 Å². The Hall–Kier alpha value is -6.56. The number of aryl methyl sites for hydroxylation is 1. The van der Waals surface area contributed by atoms with Gasteiger partial charge in [0.25, 0.3) is 18.2 Å². The molecule has 18 heteroatoms. The molecule has 5 N–H and O–H groups in total. The van der Waals surface area contributed by atoms with Crippen LogP contribution in [0.3, 0.4) is 0 Å². The highest BCUT2D eigenvalue weighted by atomic mass is 19.3. The normalized spacial score (nSPS) is 21.8. The van der Waals surface area contributed by atoms with Crippen molar-refractivity contribution < 1.29 is 32.8 Å². The third-order valence-electron chi connectivity index (χ3n) is 16.9. The molecular formula is C55H67F2N11O5. The summed E-state index contributed by atoms with van der Waals surface area (Å²) in [5, 5.41) is 7.56. The number of imide groups is 2. The van der Waals surface area contributed by atoms with Gasteiger partial charge in [-0.15, -0.1) is 0 Å². The van der Waals surface area contributed by atoms with Crippen molar-refractivity contribution in [3.05, 3.63) is 81.4 Å². The lowest BCUT2D eigenvalue weighted by Gasteiger charge is -2.39. The number of rotatable bonds is 10. The van der Waals surface area contributed by atoms with Crippen LogP contribution in [0.2, 0.25) is 0 Å². The number of nitrogens with zero attached hydrogens (tertiary/aromatic N) is 8. The number of nitrogen functional groups attached to an aromatic ring is 1. The highest BCUT2D eigenvalue weighted by Crippen LogP contribution is 2.47. The molecule has 3 saturated heterocycles.